The first-order chi connectivity index (χ1) is 15.6. The Morgan fingerprint density at radius 2 is 1.81 bits per heavy atom. The number of carbonyl (C=O) groups excluding carboxylic acids is 1. The van der Waals surface area contributed by atoms with E-state index < -0.39 is 0 Å². The molecular weight excluding hydrogens is 400 g/mol. The van der Waals surface area contributed by atoms with Crippen LogP contribution in [-0.2, 0) is 11.3 Å². The van der Waals surface area contributed by atoms with Gasteiger partial charge in [0.25, 0.3) is 0 Å². The van der Waals surface area contributed by atoms with Gasteiger partial charge in [-0.15, -0.1) is 0 Å². The van der Waals surface area contributed by atoms with Crippen molar-refractivity contribution < 1.29 is 9.53 Å². The molecular formula is C26H24N4O2. The van der Waals surface area contributed by atoms with E-state index in [1.54, 1.807) is 12.1 Å². The summed E-state index contributed by atoms with van der Waals surface area (Å²) in [5.41, 5.74) is 4.70. The largest absolute Gasteiger partial charge is 0.465 e. The van der Waals surface area contributed by atoms with Crippen molar-refractivity contribution >= 4 is 28.4 Å². The van der Waals surface area contributed by atoms with Gasteiger partial charge in [0.15, 0.2) is 0 Å². The summed E-state index contributed by atoms with van der Waals surface area (Å²) in [6, 6.07) is 24.1. The molecule has 1 aliphatic rings. The van der Waals surface area contributed by atoms with E-state index in [1.807, 2.05) is 36.5 Å². The molecule has 5 rings (SSSR count). The first-order valence-corrected chi connectivity index (χ1v) is 10.6. The normalized spacial score (nSPS) is 14.8. The molecule has 6 heteroatoms. The minimum absolute atomic E-state index is 0.116. The number of nitrogens with zero attached hydrogens (tertiary/aromatic N) is 4. The summed E-state index contributed by atoms with van der Waals surface area (Å²) in [4.78, 5) is 26.0. The molecule has 0 aliphatic carbocycles. The minimum atomic E-state index is -0.341. The van der Waals surface area contributed by atoms with Gasteiger partial charge in [-0.05, 0) is 49.4 Å². The summed E-state index contributed by atoms with van der Waals surface area (Å²) in [6.45, 7) is 3.64. The number of anilines is 2. The van der Waals surface area contributed by atoms with Gasteiger partial charge >= 0.3 is 5.97 Å². The highest BCUT2D eigenvalue weighted by atomic mass is 16.5. The summed E-state index contributed by atoms with van der Waals surface area (Å²) >= 11 is 0. The SMILES string of the molecule is COC(=O)c1ccc(N2CN(C(C)c3ccc4ccccc4n3)Cc3cccnc32)cc1. The zero-order valence-electron chi connectivity index (χ0n) is 18.1. The summed E-state index contributed by atoms with van der Waals surface area (Å²) in [7, 11) is 1.39. The third kappa shape index (κ3) is 3.69. The second-order valence-corrected chi connectivity index (χ2v) is 7.95. The van der Waals surface area contributed by atoms with Crippen molar-refractivity contribution in [3.05, 3.63) is 95.8 Å². The number of hydrogen-bond donors (Lipinski definition) is 0. The summed E-state index contributed by atoms with van der Waals surface area (Å²) in [5.74, 6) is 0.597. The van der Waals surface area contributed by atoms with Crippen molar-refractivity contribution in [3.8, 4) is 0 Å². The van der Waals surface area contributed by atoms with E-state index in [4.69, 9.17) is 9.72 Å². The first-order valence-electron chi connectivity index (χ1n) is 10.6. The minimum Gasteiger partial charge on any atom is -0.465 e. The Kier molecular flexibility index (Phi) is 5.29. The molecule has 6 nitrogen and oxygen atoms in total. The number of methoxy groups -OCH3 is 1. The molecule has 32 heavy (non-hydrogen) atoms. The van der Waals surface area contributed by atoms with Crippen LogP contribution in [0, 0.1) is 0 Å². The Bertz CT molecular complexity index is 1270. The van der Waals surface area contributed by atoms with Crippen molar-refractivity contribution in [3.63, 3.8) is 0 Å². The molecule has 2 aromatic heterocycles. The van der Waals surface area contributed by atoms with Crippen LogP contribution in [0.15, 0.2) is 79.0 Å². The van der Waals surface area contributed by atoms with Gasteiger partial charge in [-0.25, -0.2) is 9.78 Å². The van der Waals surface area contributed by atoms with E-state index in [0.717, 1.165) is 40.2 Å². The van der Waals surface area contributed by atoms with Gasteiger partial charge in [0.2, 0.25) is 0 Å². The van der Waals surface area contributed by atoms with E-state index in [0.29, 0.717) is 12.2 Å². The molecule has 0 bridgehead atoms. The number of aromatic nitrogens is 2. The number of hydrogen-bond acceptors (Lipinski definition) is 6. The highest BCUT2D eigenvalue weighted by Gasteiger charge is 2.29. The Morgan fingerprint density at radius 1 is 1.00 bits per heavy atom. The lowest BCUT2D eigenvalue weighted by molar-refractivity contribution is 0.0600. The molecule has 0 fully saturated rings. The molecule has 1 atom stereocenters. The predicted octanol–water partition coefficient (Wildman–Crippen LogP) is 5.09. The summed E-state index contributed by atoms with van der Waals surface area (Å²) in [5, 5.41) is 1.14. The van der Waals surface area contributed by atoms with Gasteiger partial charge in [-0.1, -0.05) is 30.3 Å². The number of para-hydroxylation sites is 1. The zero-order chi connectivity index (χ0) is 22.1. The molecule has 0 saturated carbocycles. The molecule has 2 aromatic carbocycles. The molecule has 4 aromatic rings. The van der Waals surface area contributed by atoms with Crippen LogP contribution >= 0.6 is 0 Å². The maximum atomic E-state index is 11.8. The van der Waals surface area contributed by atoms with Crippen LogP contribution < -0.4 is 4.90 Å². The van der Waals surface area contributed by atoms with Crippen LogP contribution in [0.2, 0.25) is 0 Å². The van der Waals surface area contributed by atoms with Crippen molar-refractivity contribution in [2.24, 2.45) is 0 Å². The lowest BCUT2D eigenvalue weighted by Crippen LogP contribution is -2.41. The second kappa shape index (κ2) is 8.40. The summed E-state index contributed by atoms with van der Waals surface area (Å²) in [6.07, 6.45) is 1.82. The van der Waals surface area contributed by atoms with Gasteiger partial charge in [0.1, 0.15) is 5.82 Å². The topological polar surface area (TPSA) is 58.6 Å². The number of rotatable bonds is 4. The Morgan fingerprint density at radius 3 is 2.62 bits per heavy atom. The molecule has 1 aliphatic heterocycles. The number of ether oxygens (including phenoxy) is 1. The molecule has 0 spiro atoms. The van der Waals surface area contributed by atoms with Crippen LogP contribution in [0.5, 0.6) is 0 Å². The van der Waals surface area contributed by atoms with Crippen molar-refractivity contribution in [1.29, 1.82) is 0 Å². The van der Waals surface area contributed by atoms with E-state index >= 15 is 0 Å². The van der Waals surface area contributed by atoms with Crippen LogP contribution in [0.4, 0.5) is 11.5 Å². The fourth-order valence-corrected chi connectivity index (χ4v) is 4.17. The monoisotopic (exact) mass is 424 g/mol. The summed E-state index contributed by atoms with van der Waals surface area (Å²) < 4.78 is 4.83. The Balaban J connectivity index is 1.48. The molecule has 0 radical (unpaired) electrons. The van der Waals surface area contributed by atoms with Gasteiger partial charge in [0.05, 0.1) is 36.6 Å². The predicted molar refractivity (Wildman–Crippen MR) is 125 cm³/mol. The van der Waals surface area contributed by atoms with Crippen LogP contribution in [-0.4, -0.2) is 34.6 Å². The van der Waals surface area contributed by atoms with Crippen LogP contribution in [0.1, 0.15) is 34.6 Å². The third-order valence-corrected chi connectivity index (χ3v) is 6.02. The maximum absolute atomic E-state index is 11.8. The van der Waals surface area contributed by atoms with Crippen molar-refractivity contribution in [2.75, 3.05) is 18.7 Å². The molecule has 3 heterocycles. The van der Waals surface area contributed by atoms with Gasteiger partial charge < -0.3 is 9.64 Å². The number of benzene rings is 2. The lowest BCUT2D eigenvalue weighted by Gasteiger charge is -2.40. The number of esters is 1. The van der Waals surface area contributed by atoms with Crippen LogP contribution in [0.25, 0.3) is 10.9 Å². The number of pyridine rings is 2. The number of carbonyl (C=O) groups is 1. The van der Waals surface area contributed by atoms with E-state index in [2.05, 4.69) is 52.0 Å². The van der Waals surface area contributed by atoms with E-state index in [-0.39, 0.29) is 12.0 Å². The second-order valence-electron chi connectivity index (χ2n) is 7.95. The number of fused-ring (bicyclic) bond motifs is 2. The fourth-order valence-electron chi connectivity index (χ4n) is 4.17. The molecule has 0 N–H and O–H groups in total. The quantitative estimate of drug-likeness (QED) is 0.426. The molecule has 1 unspecified atom stereocenters. The van der Waals surface area contributed by atoms with E-state index in [1.165, 1.54) is 7.11 Å². The average Bonchev–Trinajstić information content (AvgIpc) is 2.87. The lowest BCUT2D eigenvalue weighted by atomic mass is 10.1. The third-order valence-electron chi connectivity index (χ3n) is 6.02. The van der Waals surface area contributed by atoms with Gasteiger partial charge in [-0.3, -0.25) is 9.88 Å². The Labute approximate surface area is 187 Å². The van der Waals surface area contributed by atoms with Crippen molar-refractivity contribution in [2.45, 2.75) is 19.5 Å². The smallest absolute Gasteiger partial charge is 0.337 e. The Hall–Kier alpha value is -3.77. The molecule has 0 amide bonds. The van der Waals surface area contributed by atoms with Crippen LogP contribution in [0.3, 0.4) is 0 Å². The zero-order valence-corrected chi connectivity index (χ0v) is 18.1. The van der Waals surface area contributed by atoms with Gasteiger partial charge in [-0.2, -0.15) is 0 Å². The molecule has 0 saturated heterocycles. The fraction of sp³-hybridized carbons (Fsp3) is 0.192. The average molecular weight is 425 g/mol. The highest BCUT2D eigenvalue weighted by Crippen LogP contribution is 2.35. The first kappa shape index (κ1) is 20.2. The maximum Gasteiger partial charge on any atom is 0.337 e. The molecule has 160 valence electrons. The standard InChI is InChI=1S/C26H24N4O2/c1-18(23-14-11-19-6-3-4-8-24(19)28-23)29-16-21-7-5-15-27-25(21)30(17-29)22-12-9-20(10-13-22)26(31)32-2/h3-15,18H,16-17H2,1-2H3. The van der Waals surface area contributed by atoms with E-state index in [9.17, 15) is 4.79 Å². The highest BCUT2D eigenvalue weighted by molar-refractivity contribution is 5.89. The van der Waals surface area contributed by atoms with Crippen molar-refractivity contribution in [1.82, 2.24) is 14.9 Å². The van der Waals surface area contributed by atoms with Gasteiger partial charge in [0, 0.05) is 29.4 Å².